The lowest BCUT2D eigenvalue weighted by Gasteiger charge is -2.29. The molecule has 1 N–H and O–H groups in total. The molecular formula is C16H22ClN3O3. The van der Waals surface area contributed by atoms with E-state index in [1.807, 2.05) is 0 Å². The Balaban J connectivity index is 1.59. The lowest BCUT2D eigenvalue weighted by Crippen LogP contribution is -2.43. The number of carbonyl (C=O) groups is 1. The molecule has 1 aromatic heterocycles. The highest BCUT2D eigenvalue weighted by Crippen LogP contribution is 2.25. The van der Waals surface area contributed by atoms with Crippen LogP contribution in [0.4, 0.5) is 0 Å². The Morgan fingerprint density at radius 1 is 1.43 bits per heavy atom. The van der Waals surface area contributed by atoms with Crippen LogP contribution in [0.15, 0.2) is 12.3 Å². The van der Waals surface area contributed by atoms with Crippen molar-refractivity contribution in [1.82, 2.24) is 15.2 Å². The Morgan fingerprint density at radius 3 is 2.87 bits per heavy atom. The van der Waals surface area contributed by atoms with Gasteiger partial charge in [0.25, 0.3) is 5.91 Å². The number of amides is 1. The van der Waals surface area contributed by atoms with E-state index in [9.17, 15) is 4.79 Å². The number of hydrogen-bond acceptors (Lipinski definition) is 5. The molecule has 1 atom stereocenters. The standard InChI is InChI=1S/C16H22ClN3O3/c1-20-5-2-12(3-6-20)19-15(21)11-8-14(17)16(18-9-11)23-13-4-7-22-10-13/h8-9,12-13H,2-7,10H2,1H3,(H,19,21). The molecule has 2 saturated heterocycles. The van der Waals surface area contributed by atoms with Gasteiger partial charge >= 0.3 is 0 Å². The van der Waals surface area contributed by atoms with Gasteiger partial charge in [0.2, 0.25) is 5.88 Å². The number of hydrogen-bond donors (Lipinski definition) is 1. The maximum Gasteiger partial charge on any atom is 0.253 e. The minimum absolute atomic E-state index is 0.0149. The first kappa shape index (κ1) is 16.5. The second kappa shape index (κ2) is 7.47. The summed E-state index contributed by atoms with van der Waals surface area (Å²) in [5.74, 6) is 0.225. The number of halogens is 1. The molecule has 3 heterocycles. The quantitative estimate of drug-likeness (QED) is 0.905. The predicted octanol–water partition coefficient (Wildman–Crippen LogP) is 1.73. The van der Waals surface area contributed by atoms with Gasteiger partial charge in [-0.25, -0.2) is 4.98 Å². The smallest absolute Gasteiger partial charge is 0.253 e. The van der Waals surface area contributed by atoms with Crippen LogP contribution in [0, 0.1) is 0 Å². The third-order valence-electron chi connectivity index (χ3n) is 4.29. The molecule has 1 unspecified atom stereocenters. The zero-order valence-electron chi connectivity index (χ0n) is 13.3. The molecule has 23 heavy (non-hydrogen) atoms. The summed E-state index contributed by atoms with van der Waals surface area (Å²) in [6.07, 6.45) is 4.26. The SMILES string of the molecule is CN1CCC(NC(=O)c2cnc(OC3CCOC3)c(Cl)c2)CC1. The number of aromatic nitrogens is 1. The molecule has 2 aliphatic heterocycles. The number of piperidine rings is 1. The van der Waals surface area contributed by atoms with E-state index < -0.39 is 0 Å². The van der Waals surface area contributed by atoms with Crippen LogP contribution in [0.2, 0.25) is 5.02 Å². The van der Waals surface area contributed by atoms with Gasteiger partial charge < -0.3 is 19.7 Å². The van der Waals surface area contributed by atoms with Gasteiger partial charge in [0.1, 0.15) is 11.1 Å². The summed E-state index contributed by atoms with van der Waals surface area (Å²) >= 11 is 6.20. The Morgan fingerprint density at radius 2 is 2.22 bits per heavy atom. The van der Waals surface area contributed by atoms with Crippen LogP contribution in [-0.4, -0.2) is 61.3 Å². The van der Waals surface area contributed by atoms with Crippen molar-refractivity contribution in [1.29, 1.82) is 0 Å². The van der Waals surface area contributed by atoms with Crippen LogP contribution < -0.4 is 10.1 Å². The molecule has 0 saturated carbocycles. The summed E-state index contributed by atoms with van der Waals surface area (Å²) in [6, 6.07) is 1.83. The number of ether oxygens (including phenoxy) is 2. The molecule has 0 aliphatic carbocycles. The van der Waals surface area contributed by atoms with Crippen molar-refractivity contribution in [2.24, 2.45) is 0 Å². The molecule has 0 aromatic carbocycles. The summed E-state index contributed by atoms with van der Waals surface area (Å²) < 4.78 is 11.0. The topological polar surface area (TPSA) is 63.7 Å². The molecule has 1 amide bonds. The van der Waals surface area contributed by atoms with Crippen molar-refractivity contribution in [3.8, 4) is 5.88 Å². The van der Waals surface area contributed by atoms with Gasteiger partial charge in [0, 0.05) is 18.7 Å². The van der Waals surface area contributed by atoms with Gasteiger partial charge in [-0.05, 0) is 39.0 Å². The van der Waals surface area contributed by atoms with Crippen molar-refractivity contribution < 1.29 is 14.3 Å². The Labute approximate surface area is 141 Å². The largest absolute Gasteiger partial charge is 0.471 e. The number of rotatable bonds is 4. The van der Waals surface area contributed by atoms with Crippen molar-refractivity contribution in [3.05, 3.63) is 22.8 Å². The highest BCUT2D eigenvalue weighted by atomic mass is 35.5. The average Bonchev–Trinajstić information content (AvgIpc) is 3.04. The molecule has 126 valence electrons. The van der Waals surface area contributed by atoms with Crippen molar-refractivity contribution in [2.45, 2.75) is 31.4 Å². The van der Waals surface area contributed by atoms with Gasteiger partial charge in [-0.3, -0.25) is 4.79 Å². The Bertz CT molecular complexity index is 556. The van der Waals surface area contributed by atoms with E-state index in [1.165, 1.54) is 6.20 Å². The average molecular weight is 340 g/mol. The van der Waals surface area contributed by atoms with Crippen LogP contribution >= 0.6 is 11.6 Å². The number of likely N-dealkylation sites (tertiary alicyclic amines) is 1. The normalized spacial score (nSPS) is 23.0. The summed E-state index contributed by atoms with van der Waals surface area (Å²) in [6.45, 7) is 3.25. The summed E-state index contributed by atoms with van der Waals surface area (Å²) in [4.78, 5) is 18.8. The second-order valence-electron chi connectivity index (χ2n) is 6.17. The molecular weight excluding hydrogens is 318 g/mol. The van der Waals surface area contributed by atoms with Crippen LogP contribution in [-0.2, 0) is 4.74 Å². The molecule has 2 fully saturated rings. The second-order valence-corrected chi connectivity index (χ2v) is 6.57. The fourth-order valence-corrected chi connectivity index (χ4v) is 3.03. The van der Waals surface area contributed by atoms with Gasteiger partial charge in [0.15, 0.2) is 0 Å². The minimum Gasteiger partial charge on any atom is -0.471 e. The molecule has 0 bridgehead atoms. The molecule has 6 nitrogen and oxygen atoms in total. The first-order chi connectivity index (χ1) is 11.1. The van der Waals surface area contributed by atoms with Crippen LogP contribution in [0.25, 0.3) is 0 Å². The Kier molecular flexibility index (Phi) is 5.35. The zero-order valence-corrected chi connectivity index (χ0v) is 14.0. The fourth-order valence-electron chi connectivity index (χ4n) is 2.82. The van der Waals surface area contributed by atoms with E-state index in [2.05, 4.69) is 22.2 Å². The highest BCUT2D eigenvalue weighted by molar-refractivity contribution is 6.32. The van der Waals surface area contributed by atoms with E-state index in [-0.39, 0.29) is 18.1 Å². The van der Waals surface area contributed by atoms with Gasteiger partial charge in [-0.15, -0.1) is 0 Å². The third kappa shape index (κ3) is 4.34. The van der Waals surface area contributed by atoms with Crippen molar-refractivity contribution >= 4 is 17.5 Å². The lowest BCUT2D eigenvalue weighted by molar-refractivity contribution is 0.0916. The molecule has 3 rings (SSSR count). The van der Waals surface area contributed by atoms with Gasteiger partial charge in [-0.1, -0.05) is 11.6 Å². The van der Waals surface area contributed by atoms with Crippen LogP contribution in [0.5, 0.6) is 5.88 Å². The van der Waals surface area contributed by atoms with E-state index in [0.29, 0.717) is 29.7 Å². The van der Waals surface area contributed by atoms with E-state index in [1.54, 1.807) is 6.07 Å². The first-order valence-corrected chi connectivity index (χ1v) is 8.39. The number of nitrogens with zero attached hydrogens (tertiary/aromatic N) is 2. The van der Waals surface area contributed by atoms with Crippen molar-refractivity contribution in [2.75, 3.05) is 33.4 Å². The van der Waals surface area contributed by atoms with Crippen molar-refractivity contribution in [3.63, 3.8) is 0 Å². The predicted molar refractivity (Wildman–Crippen MR) is 87.1 cm³/mol. The van der Waals surface area contributed by atoms with Gasteiger partial charge in [0.05, 0.1) is 18.8 Å². The minimum atomic E-state index is -0.135. The lowest BCUT2D eigenvalue weighted by atomic mass is 10.1. The first-order valence-electron chi connectivity index (χ1n) is 8.01. The molecule has 7 heteroatoms. The maximum atomic E-state index is 12.3. The number of pyridine rings is 1. The highest BCUT2D eigenvalue weighted by Gasteiger charge is 2.22. The van der Waals surface area contributed by atoms with E-state index in [0.717, 1.165) is 32.4 Å². The fraction of sp³-hybridized carbons (Fsp3) is 0.625. The summed E-state index contributed by atoms with van der Waals surface area (Å²) in [5.41, 5.74) is 0.462. The molecule has 0 radical (unpaired) electrons. The molecule has 1 aromatic rings. The van der Waals surface area contributed by atoms with Crippen LogP contribution in [0.1, 0.15) is 29.6 Å². The third-order valence-corrected chi connectivity index (χ3v) is 4.56. The van der Waals surface area contributed by atoms with Crippen LogP contribution in [0.3, 0.4) is 0 Å². The number of carbonyl (C=O) groups excluding carboxylic acids is 1. The van der Waals surface area contributed by atoms with E-state index >= 15 is 0 Å². The monoisotopic (exact) mass is 339 g/mol. The Hall–Kier alpha value is -1.37. The molecule has 0 spiro atoms. The van der Waals surface area contributed by atoms with E-state index in [4.69, 9.17) is 21.1 Å². The molecule has 2 aliphatic rings. The summed E-state index contributed by atoms with van der Waals surface area (Å²) in [7, 11) is 2.09. The maximum absolute atomic E-state index is 12.3. The number of nitrogens with one attached hydrogen (secondary N) is 1. The summed E-state index contributed by atoms with van der Waals surface area (Å²) in [5, 5.41) is 3.41. The van der Waals surface area contributed by atoms with Gasteiger partial charge in [-0.2, -0.15) is 0 Å². The zero-order chi connectivity index (χ0) is 16.2.